The van der Waals surface area contributed by atoms with Crippen LogP contribution in [0.3, 0.4) is 0 Å². The van der Waals surface area contributed by atoms with Gasteiger partial charge >= 0.3 is 0 Å². The standard InChI is InChI=1S/C18H25ClFN5O2S2/c19-13-9-17(29(26,27)25-18-23-11-24-28-18)14(20)10-16(13)22-8-3-1-2-5-12-6-4-7-15(12)21/h9-12,15,22H,1-8,21H2,(H,23,24,25)/t12-,15-/m1/s1. The second-order valence-electron chi connectivity index (χ2n) is 7.25. The maximum atomic E-state index is 14.4. The second-order valence-corrected chi connectivity index (χ2v) is 10.1. The number of nitrogens with two attached hydrogens (primary N) is 1. The van der Waals surface area contributed by atoms with Crippen molar-refractivity contribution >= 4 is 44.0 Å². The summed E-state index contributed by atoms with van der Waals surface area (Å²) in [6.45, 7) is 0.630. The third kappa shape index (κ3) is 6.00. The maximum Gasteiger partial charge on any atom is 0.266 e. The molecule has 3 rings (SSSR count). The largest absolute Gasteiger partial charge is 0.384 e. The number of hydrogen-bond acceptors (Lipinski definition) is 7. The minimum Gasteiger partial charge on any atom is -0.384 e. The van der Waals surface area contributed by atoms with Crippen LogP contribution < -0.4 is 15.8 Å². The summed E-state index contributed by atoms with van der Waals surface area (Å²) in [5.74, 6) is -0.237. The molecule has 0 amide bonds. The number of benzene rings is 1. The van der Waals surface area contributed by atoms with Crippen LogP contribution in [0.5, 0.6) is 0 Å². The zero-order valence-electron chi connectivity index (χ0n) is 15.9. The number of sulfonamides is 1. The van der Waals surface area contributed by atoms with Gasteiger partial charge in [0.15, 0.2) is 0 Å². The molecule has 1 aromatic heterocycles. The second kappa shape index (κ2) is 10.0. The third-order valence-corrected chi connectivity index (χ3v) is 7.56. The van der Waals surface area contributed by atoms with Crippen molar-refractivity contribution in [1.82, 2.24) is 9.36 Å². The molecule has 1 saturated carbocycles. The SMILES string of the molecule is N[C@@H]1CCC[C@H]1CCCCCNc1cc(F)c(S(=O)(=O)Nc2ncns2)cc1Cl. The van der Waals surface area contributed by atoms with Gasteiger partial charge in [0.05, 0.1) is 10.7 Å². The van der Waals surface area contributed by atoms with Gasteiger partial charge in [-0.05, 0) is 43.7 Å². The van der Waals surface area contributed by atoms with Gasteiger partial charge in [0.25, 0.3) is 10.0 Å². The Hall–Kier alpha value is -1.49. The van der Waals surface area contributed by atoms with E-state index >= 15 is 0 Å². The van der Waals surface area contributed by atoms with Gasteiger partial charge in [-0.25, -0.2) is 17.8 Å². The Labute approximate surface area is 179 Å². The van der Waals surface area contributed by atoms with Crippen molar-refractivity contribution in [2.75, 3.05) is 16.6 Å². The molecule has 0 radical (unpaired) electrons. The lowest BCUT2D eigenvalue weighted by Crippen LogP contribution is -2.24. The number of anilines is 2. The average molecular weight is 462 g/mol. The van der Waals surface area contributed by atoms with Crippen LogP contribution in [0.4, 0.5) is 15.2 Å². The van der Waals surface area contributed by atoms with Crippen LogP contribution in [0.2, 0.25) is 5.02 Å². The molecule has 1 fully saturated rings. The lowest BCUT2D eigenvalue weighted by molar-refractivity contribution is 0.424. The molecule has 7 nitrogen and oxygen atoms in total. The Bertz CT molecular complexity index is 911. The molecule has 0 spiro atoms. The summed E-state index contributed by atoms with van der Waals surface area (Å²) in [7, 11) is -4.14. The molecule has 1 aliphatic rings. The van der Waals surface area contributed by atoms with Gasteiger partial charge in [-0.1, -0.05) is 30.9 Å². The fourth-order valence-corrected chi connectivity index (χ4v) is 5.66. The zero-order chi connectivity index (χ0) is 20.9. The molecule has 0 saturated heterocycles. The van der Waals surface area contributed by atoms with Crippen LogP contribution in [-0.4, -0.2) is 30.4 Å². The third-order valence-electron chi connectivity index (χ3n) is 5.18. The Balaban J connectivity index is 1.50. The highest BCUT2D eigenvalue weighted by atomic mass is 35.5. The van der Waals surface area contributed by atoms with E-state index in [2.05, 4.69) is 19.4 Å². The summed E-state index contributed by atoms with van der Waals surface area (Å²) in [4.78, 5) is 3.20. The molecular formula is C18H25ClFN5O2S2. The van der Waals surface area contributed by atoms with Gasteiger partial charge in [-0.15, -0.1) is 0 Å². The topological polar surface area (TPSA) is 110 Å². The van der Waals surface area contributed by atoms with E-state index in [-0.39, 0.29) is 10.2 Å². The lowest BCUT2D eigenvalue weighted by atomic mass is 9.97. The number of nitrogens with zero attached hydrogens (tertiary/aromatic N) is 2. The fourth-order valence-electron chi connectivity index (χ4n) is 3.61. The van der Waals surface area contributed by atoms with E-state index in [9.17, 15) is 12.8 Å². The average Bonchev–Trinajstić information content (AvgIpc) is 3.31. The van der Waals surface area contributed by atoms with Crippen molar-refractivity contribution in [3.63, 3.8) is 0 Å². The Kier molecular flexibility index (Phi) is 7.66. The number of hydrogen-bond donors (Lipinski definition) is 3. The van der Waals surface area contributed by atoms with Gasteiger partial charge in [-0.3, -0.25) is 4.72 Å². The molecule has 0 unspecified atom stereocenters. The first kappa shape index (κ1) is 22.2. The normalized spacial score (nSPS) is 19.4. The van der Waals surface area contributed by atoms with Gasteiger partial charge in [0, 0.05) is 24.1 Å². The summed E-state index contributed by atoms with van der Waals surface area (Å²) < 4.78 is 45.0. The van der Waals surface area contributed by atoms with Crippen molar-refractivity contribution in [3.05, 3.63) is 29.3 Å². The van der Waals surface area contributed by atoms with Crippen LogP contribution in [-0.2, 0) is 10.0 Å². The molecule has 29 heavy (non-hydrogen) atoms. The van der Waals surface area contributed by atoms with E-state index in [4.69, 9.17) is 17.3 Å². The predicted octanol–water partition coefficient (Wildman–Crippen LogP) is 4.23. The minimum absolute atomic E-state index is 0.0567. The number of aromatic nitrogens is 2. The molecule has 1 aliphatic carbocycles. The first-order chi connectivity index (χ1) is 13.9. The van der Waals surface area contributed by atoms with Crippen molar-refractivity contribution in [3.8, 4) is 0 Å². The number of rotatable bonds is 10. The van der Waals surface area contributed by atoms with Crippen molar-refractivity contribution in [1.29, 1.82) is 0 Å². The maximum absolute atomic E-state index is 14.4. The summed E-state index contributed by atoms with van der Waals surface area (Å²) in [5, 5.41) is 3.28. The quantitative estimate of drug-likeness (QED) is 0.456. The van der Waals surface area contributed by atoms with E-state index in [1.54, 1.807) is 0 Å². The first-order valence-corrected chi connectivity index (χ1v) is 12.3. The van der Waals surface area contributed by atoms with Crippen LogP contribution in [0.15, 0.2) is 23.4 Å². The van der Waals surface area contributed by atoms with Crippen LogP contribution in [0.1, 0.15) is 44.9 Å². The van der Waals surface area contributed by atoms with Gasteiger partial charge in [-0.2, -0.15) is 4.37 Å². The molecule has 0 aliphatic heterocycles. The zero-order valence-corrected chi connectivity index (χ0v) is 18.3. The Morgan fingerprint density at radius 3 is 2.79 bits per heavy atom. The predicted molar refractivity (Wildman–Crippen MR) is 114 cm³/mol. The summed E-state index contributed by atoms with van der Waals surface area (Å²) in [6, 6.07) is 2.56. The Morgan fingerprint density at radius 1 is 1.28 bits per heavy atom. The molecule has 4 N–H and O–H groups in total. The molecule has 2 aromatic rings. The first-order valence-electron chi connectivity index (χ1n) is 9.65. The van der Waals surface area contributed by atoms with Crippen molar-refractivity contribution < 1.29 is 12.8 Å². The van der Waals surface area contributed by atoms with Crippen molar-refractivity contribution in [2.45, 2.75) is 55.9 Å². The van der Waals surface area contributed by atoms with E-state index < -0.39 is 20.7 Å². The highest BCUT2D eigenvalue weighted by Crippen LogP contribution is 2.30. The molecule has 11 heteroatoms. The number of nitrogens with one attached hydrogen (secondary N) is 2. The monoisotopic (exact) mass is 461 g/mol. The van der Waals surface area contributed by atoms with Gasteiger partial charge in [0.2, 0.25) is 5.13 Å². The van der Waals surface area contributed by atoms with E-state index in [0.29, 0.717) is 24.2 Å². The van der Waals surface area contributed by atoms with Crippen LogP contribution in [0, 0.1) is 11.7 Å². The molecule has 160 valence electrons. The van der Waals surface area contributed by atoms with E-state index in [1.165, 1.54) is 19.2 Å². The van der Waals surface area contributed by atoms with Crippen molar-refractivity contribution in [2.24, 2.45) is 11.7 Å². The van der Waals surface area contributed by atoms with Gasteiger partial charge < -0.3 is 11.1 Å². The van der Waals surface area contributed by atoms with Crippen LogP contribution in [0.25, 0.3) is 0 Å². The summed E-state index contributed by atoms with van der Waals surface area (Å²) >= 11 is 7.03. The highest BCUT2D eigenvalue weighted by molar-refractivity contribution is 7.93. The minimum atomic E-state index is -4.14. The summed E-state index contributed by atoms with van der Waals surface area (Å²) in [5.41, 5.74) is 6.46. The molecular weight excluding hydrogens is 437 g/mol. The van der Waals surface area contributed by atoms with E-state index in [1.807, 2.05) is 0 Å². The number of unbranched alkanes of at least 4 members (excludes halogenated alkanes) is 2. The number of halogens is 2. The smallest absolute Gasteiger partial charge is 0.266 e. The molecule has 2 atom stereocenters. The molecule has 1 heterocycles. The van der Waals surface area contributed by atoms with Gasteiger partial charge in [0.1, 0.15) is 17.0 Å². The van der Waals surface area contributed by atoms with Crippen LogP contribution >= 0.6 is 23.1 Å². The fraction of sp³-hybridized carbons (Fsp3) is 0.556. The summed E-state index contributed by atoms with van der Waals surface area (Å²) in [6.07, 6.45) is 9.06. The molecule has 0 bridgehead atoms. The van der Waals surface area contributed by atoms with E-state index in [0.717, 1.165) is 55.8 Å². The molecule has 1 aromatic carbocycles. The highest BCUT2D eigenvalue weighted by Gasteiger charge is 2.23. The lowest BCUT2D eigenvalue weighted by Gasteiger charge is -2.15. The Morgan fingerprint density at radius 2 is 2.10 bits per heavy atom.